The van der Waals surface area contributed by atoms with Crippen LogP contribution in [0.3, 0.4) is 0 Å². The van der Waals surface area contributed by atoms with Gasteiger partial charge in [-0.25, -0.2) is 8.78 Å². The highest BCUT2D eigenvalue weighted by atomic mass is 19.3. The van der Waals surface area contributed by atoms with E-state index in [1.807, 2.05) is 6.92 Å². The Balaban J connectivity index is 3.60. The van der Waals surface area contributed by atoms with Gasteiger partial charge >= 0.3 is 12.3 Å². The molecule has 1 unspecified atom stereocenters. The van der Waals surface area contributed by atoms with E-state index in [0.29, 0.717) is 6.54 Å². The van der Waals surface area contributed by atoms with E-state index < -0.39 is 25.1 Å². The predicted molar refractivity (Wildman–Crippen MR) is 54.1 cm³/mol. The minimum Gasteiger partial charge on any atom is -0.371 e. The molecule has 0 rings (SSSR count). The van der Waals surface area contributed by atoms with Crippen molar-refractivity contribution in [2.24, 2.45) is 0 Å². The standard InChI is InChI=1S/C10H19F4NO/c1-3-4-5-15-6-8(2)16-7-10(13,14)9(11)12/h8-9,15H,3-7H2,1-2H3. The fourth-order valence-corrected chi connectivity index (χ4v) is 0.982. The van der Waals surface area contributed by atoms with Crippen LogP contribution in [0.4, 0.5) is 17.6 Å². The van der Waals surface area contributed by atoms with E-state index >= 15 is 0 Å². The minimum absolute atomic E-state index is 0.388. The van der Waals surface area contributed by atoms with Crippen LogP contribution in [0.15, 0.2) is 0 Å². The first-order valence-corrected chi connectivity index (χ1v) is 5.38. The van der Waals surface area contributed by atoms with Gasteiger partial charge in [-0.2, -0.15) is 8.78 Å². The summed E-state index contributed by atoms with van der Waals surface area (Å²) in [6, 6.07) is 0. The van der Waals surface area contributed by atoms with Crippen LogP contribution in [0.2, 0.25) is 0 Å². The molecule has 0 radical (unpaired) electrons. The molecule has 1 atom stereocenters. The summed E-state index contributed by atoms with van der Waals surface area (Å²) in [5.74, 6) is -4.06. The van der Waals surface area contributed by atoms with E-state index in [1.54, 1.807) is 6.92 Å². The predicted octanol–water partition coefficient (Wildman–Crippen LogP) is 2.68. The van der Waals surface area contributed by atoms with E-state index in [2.05, 4.69) is 10.1 Å². The molecule has 0 aliphatic rings. The summed E-state index contributed by atoms with van der Waals surface area (Å²) in [4.78, 5) is 0. The SMILES string of the molecule is CCCCNCC(C)OCC(F)(F)C(F)F. The molecule has 16 heavy (non-hydrogen) atoms. The summed E-state index contributed by atoms with van der Waals surface area (Å²) in [6.07, 6.45) is -2.15. The first-order chi connectivity index (χ1) is 7.40. The second-order valence-electron chi connectivity index (χ2n) is 3.74. The number of hydrogen-bond acceptors (Lipinski definition) is 2. The molecule has 0 aromatic carbocycles. The lowest BCUT2D eigenvalue weighted by molar-refractivity contribution is -0.174. The summed E-state index contributed by atoms with van der Waals surface area (Å²) >= 11 is 0. The first kappa shape index (κ1) is 15.6. The lowest BCUT2D eigenvalue weighted by Crippen LogP contribution is -2.36. The molecule has 0 aliphatic heterocycles. The van der Waals surface area contributed by atoms with E-state index in [-0.39, 0.29) is 0 Å². The van der Waals surface area contributed by atoms with Crippen LogP contribution < -0.4 is 5.32 Å². The number of unbranched alkanes of at least 4 members (excludes halogenated alkanes) is 1. The first-order valence-electron chi connectivity index (χ1n) is 5.38. The van der Waals surface area contributed by atoms with Gasteiger partial charge in [0.2, 0.25) is 0 Å². The molecule has 0 spiro atoms. The maximum Gasteiger partial charge on any atom is 0.330 e. The summed E-state index contributed by atoms with van der Waals surface area (Å²) in [6.45, 7) is 3.53. The zero-order valence-electron chi connectivity index (χ0n) is 9.61. The highest BCUT2D eigenvalue weighted by Crippen LogP contribution is 2.23. The van der Waals surface area contributed by atoms with Crippen molar-refractivity contribution in [3.8, 4) is 0 Å². The highest BCUT2D eigenvalue weighted by Gasteiger charge is 2.41. The van der Waals surface area contributed by atoms with Crippen LogP contribution in [0.5, 0.6) is 0 Å². The second kappa shape index (κ2) is 7.84. The van der Waals surface area contributed by atoms with Gasteiger partial charge in [-0.15, -0.1) is 0 Å². The lowest BCUT2D eigenvalue weighted by atomic mass is 10.3. The average Bonchev–Trinajstić information content (AvgIpc) is 2.21. The van der Waals surface area contributed by atoms with Crippen LogP contribution in [0.1, 0.15) is 26.7 Å². The molecule has 0 bridgehead atoms. The van der Waals surface area contributed by atoms with Crippen molar-refractivity contribution < 1.29 is 22.3 Å². The maximum atomic E-state index is 12.5. The van der Waals surface area contributed by atoms with Gasteiger partial charge in [-0.1, -0.05) is 13.3 Å². The van der Waals surface area contributed by atoms with Gasteiger partial charge in [0.1, 0.15) is 6.61 Å². The van der Waals surface area contributed by atoms with Crippen molar-refractivity contribution in [3.05, 3.63) is 0 Å². The Labute approximate surface area is 93.3 Å². The summed E-state index contributed by atoms with van der Waals surface area (Å²) in [5.41, 5.74) is 0. The Morgan fingerprint density at radius 3 is 2.44 bits per heavy atom. The highest BCUT2D eigenvalue weighted by molar-refractivity contribution is 4.69. The number of alkyl halides is 4. The van der Waals surface area contributed by atoms with E-state index in [4.69, 9.17) is 0 Å². The van der Waals surface area contributed by atoms with E-state index in [0.717, 1.165) is 19.4 Å². The molecule has 0 aliphatic carbocycles. The van der Waals surface area contributed by atoms with Crippen molar-refractivity contribution in [1.82, 2.24) is 5.32 Å². The third kappa shape index (κ3) is 7.00. The van der Waals surface area contributed by atoms with Gasteiger partial charge in [0.25, 0.3) is 0 Å². The number of ether oxygens (including phenoxy) is 1. The van der Waals surface area contributed by atoms with Crippen molar-refractivity contribution in [2.45, 2.75) is 45.1 Å². The molecule has 0 saturated carbocycles. The number of nitrogens with one attached hydrogen (secondary N) is 1. The van der Waals surface area contributed by atoms with Crippen LogP contribution in [0.25, 0.3) is 0 Å². The Hall–Kier alpha value is -0.360. The third-order valence-electron chi connectivity index (χ3n) is 2.02. The van der Waals surface area contributed by atoms with Crippen molar-refractivity contribution in [1.29, 1.82) is 0 Å². The second-order valence-corrected chi connectivity index (χ2v) is 3.74. The Kier molecular flexibility index (Phi) is 7.66. The topological polar surface area (TPSA) is 21.3 Å². The average molecular weight is 245 g/mol. The molecule has 1 N–H and O–H groups in total. The van der Waals surface area contributed by atoms with Crippen molar-refractivity contribution in [3.63, 3.8) is 0 Å². The lowest BCUT2D eigenvalue weighted by Gasteiger charge is -2.19. The summed E-state index contributed by atoms with van der Waals surface area (Å²) < 4.78 is 53.1. The Morgan fingerprint density at radius 2 is 1.94 bits per heavy atom. The minimum atomic E-state index is -4.06. The molecule has 2 nitrogen and oxygen atoms in total. The maximum absolute atomic E-state index is 12.5. The monoisotopic (exact) mass is 245 g/mol. The molecule has 0 fully saturated rings. The van der Waals surface area contributed by atoms with Crippen LogP contribution >= 0.6 is 0 Å². The van der Waals surface area contributed by atoms with Crippen LogP contribution in [-0.4, -0.2) is 38.1 Å². The number of hydrogen-bond donors (Lipinski definition) is 1. The van der Waals surface area contributed by atoms with E-state index in [9.17, 15) is 17.6 Å². The van der Waals surface area contributed by atoms with Crippen molar-refractivity contribution in [2.75, 3.05) is 19.7 Å². The molecule has 0 aromatic heterocycles. The molecule has 0 amide bonds. The van der Waals surface area contributed by atoms with Gasteiger partial charge in [-0.3, -0.25) is 0 Å². The van der Waals surface area contributed by atoms with Gasteiger partial charge in [0.05, 0.1) is 6.10 Å². The Bertz CT molecular complexity index is 178. The summed E-state index contributed by atoms with van der Waals surface area (Å²) in [5, 5.41) is 2.99. The van der Waals surface area contributed by atoms with Crippen molar-refractivity contribution >= 4 is 0 Å². The molecule has 0 saturated heterocycles. The van der Waals surface area contributed by atoms with Gasteiger partial charge in [0.15, 0.2) is 0 Å². The molecule has 0 aromatic rings. The molecular weight excluding hydrogens is 226 g/mol. The van der Waals surface area contributed by atoms with E-state index in [1.165, 1.54) is 0 Å². The number of halogens is 4. The molecular formula is C10H19F4NO. The fourth-order valence-electron chi connectivity index (χ4n) is 0.982. The summed E-state index contributed by atoms with van der Waals surface area (Å²) in [7, 11) is 0. The van der Waals surface area contributed by atoms with Gasteiger partial charge < -0.3 is 10.1 Å². The van der Waals surface area contributed by atoms with Gasteiger partial charge in [0, 0.05) is 6.54 Å². The quantitative estimate of drug-likeness (QED) is 0.498. The van der Waals surface area contributed by atoms with Gasteiger partial charge in [-0.05, 0) is 19.9 Å². The third-order valence-corrected chi connectivity index (χ3v) is 2.02. The zero-order chi connectivity index (χ0) is 12.6. The molecule has 6 heteroatoms. The largest absolute Gasteiger partial charge is 0.371 e. The number of rotatable bonds is 9. The van der Waals surface area contributed by atoms with Crippen LogP contribution in [0, 0.1) is 0 Å². The fraction of sp³-hybridized carbons (Fsp3) is 1.00. The van der Waals surface area contributed by atoms with Crippen LogP contribution in [-0.2, 0) is 4.74 Å². The zero-order valence-corrected chi connectivity index (χ0v) is 9.61. The molecule has 98 valence electrons. The normalized spacial score (nSPS) is 14.4. The Morgan fingerprint density at radius 1 is 1.31 bits per heavy atom. The smallest absolute Gasteiger partial charge is 0.330 e. The molecule has 0 heterocycles.